The number of halogens is 2. The number of nitrogens with zero attached hydrogens (tertiary/aromatic N) is 1. The van der Waals surface area contributed by atoms with Crippen LogP contribution in [0.15, 0.2) is 48.5 Å². The van der Waals surface area contributed by atoms with E-state index in [1.165, 1.54) is 47.8 Å². The van der Waals surface area contributed by atoms with Crippen LogP contribution in [0.2, 0.25) is 5.02 Å². The molecule has 27 heavy (non-hydrogen) atoms. The average Bonchev–Trinajstić information content (AvgIpc) is 2.92. The molecule has 3 rings (SSSR count). The molecular formula is C23H30Cl2N2. The molecule has 146 valence electrons. The quantitative estimate of drug-likeness (QED) is 0.390. The summed E-state index contributed by atoms with van der Waals surface area (Å²) in [5, 5.41) is 5.82. The second-order valence-electron chi connectivity index (χ2n) is 7.00. The standard InChI is InChI=1S/C23H29ClN2.ClH/c1-3-4-5-10-15-25-16-21-18(2)26(23-14-9-7-12-20(21)23)17-19-11-6-8-13-22(19)24;/h6-9,11-14,25H,3-5,10,15-17H2,1-2H3;1H. The SMILES string of the molecule is CCCCCCNCc1c(C)n(Cc2ccccc2Cl)c2ccccc12.Cl. The first-order valence-electron chi connectivity index (χ1n) is 9.73. The number of fused-ring (bicyclic) bond motifs is 1. The first-order chi connectivity index (χ1) is 12.7. The van der Waals surface area contributed by atoms with E-state index in [1.807, 2.05) is 12.1 Å². The predicted molar refractivity (Wildman–Crippen MR) is 120 cm³/mol. The Morgan fingerprint density at radius 2 is 1.70 bits per heavy atom. The molecule has 0 atom stereocenters. The van der Waals surface area contributed by atoms with Gasteiger partial charge in [-0.25, -0.2) is 0 Å². The van der Waals surface area contributed by atoms with Gasteiger partial charge in [-0.1, -0.05) is 74.2 Å². The van der Waals surface area contributed by atoms with Crippen molar-refractivity contribution < 1.29 is 0 Å². The van der Waals surface area contributed by atoms with Crippen LogP contribution in [0.5, 0.6) is 0 Å². The second-order valence-corrected chi connectivity index (χ2v) is 7.40. The third-order valence-electron chi connectivity index (χ3n) is 5.16. The maximum absolute atomic E-state index is 6.40. The Labute approximate surface area is 174 Å². The predicted octanol–water partition coefficient (Wildman–Crippen LogP) is 6.74. The van der Waals surface area contributed by atoms with Gasteiger partial charge in [0.25, 0.3) is 0 Å². The van der Waals surface area contributed by atoms with Crippen LogP contribution in [0.25, 0.3) is 10.9 Å². The van der Waals surface area contributed by atoms with Gasteiger partial charge in [0.2, 0.25) is 0 Å². The Morgan fingerprint density at radius 3 is 2.48 bits per heavy atom. The van der Waals surface area contributed by atoms with Gasteiger partial charge in [0, 0.05) is 34.7 Å². The molecule has 1 heterocycles. The van der Waals surface area contributed by atoms with E-state index in [-0.39, 0.29) is 12.4 Å². The lowest BCUT2D eigenvalue weighted by atomic mass is 10.1. The summed E-state index contributed by atoms with van der Waals surface area (Å²) < 4.78 is 2.39. The van der Waals surface area contributed by atoms with Crippen molar-refractivity contribution in [1.29, 1.82) is 0 Å². The topological polar surface area (TPSA) is 17.0 Å². The highest BCUT2D eigenvalue weighted by Crippen LogP contribution is 2.28. The second kappa shape index (κ2) is 10.8. The lowest BCUT2D eigenvalue weighted by molar-refractivity contribution is 0.597. The summed E-state index contributed by atoms with van der Waals surface area (Å²) in [5.74, 6) is 0. The molecule has 2 nitrogen and oxygen atoms in total. The third kappa shape index (κ3) is 5.28. The highest BCUT2D eigenvalue weighted by Gasteiger charge is 2.14. The number of aromatic nitrogens is 1. The van der Waals surface area contributed by atoms with Crippen molar-refractivity contribution in [2.45, 2.75) is 52.6 Å². The van der Waals surface area contributed by atoms with Gasteiger partial charge >= 0.3 is 0 Å². The number of benzene rings is 2. The fourth-order valence-electron chi connectivity index (χ4n) is 3.62. The molecule has 0 aliphatic heterocycles. The van der Waals surface area contributed by atoms with Crippen molar-refractivity contribution in [3.8, 4) is 0 Å². The van der Waals surface area contributed by atoms with Crippen molar-refractivity contribution >= 4 is 34.9 Å². The lowest BCUT2D eigenvalue weighted by Crippen LogP contribution is -2.15. The summed E-state index contributed by atoms with van der Waals surface area (Å²) >= 11 is 6.40. The van der Waals surface area contributed by atoms with Gasteiger partial charge < -0.3 is 9.88 Å². The molecule has 0 radical (unpaired) electrons. The number of para-hydroxylation sites is 1. The van der Waals surface area contributed by atoms with E-state index in [0.29, 0.717) is 0 Å². The van der Waals surface area contributed by atoms with E-state index in [1.54, 1.807) is 0 Å². The van der Waals surface area contributed by atoms with Crippen molar-refractivity contribution in [2.24, 2.45) is 0 Å². The minimum atomic E-state index is 0. The first-order valence-corrected chi connectivity index (χ1v) is 10.1. The number of hydrogen-bond acceptors (Lipinski definition) is 1. The van der Waals surface area contributed by atoms with Crippen LogP contribution in [0, 0.1) is 6.92 Å². The molecule has 0 saturated carbocycles. The molecule has 3 aromatic rings. The zero-order valence-electron chi connectivity index (χ0n) is 16.3. The smallest absolute Gasteiger partial charge is 0.0493 e. The highest BCUT2D eigenvalue weighted by molar-refractivity contribution is 6.31. The summed E-state index contributed by atoms with van der Waals surface area (Å²) in [5.41, 5.74) is 5.18. The van der Waals surface area contributed by atoms with Gasteiger partial charge in [0.15, 0.2) is 0 Å². The van der Waals surface area contributed by atoms with Gasteiger partial charge in [-0.15, -0.1) is 12.4 Å². The van der Waals surface area contributed by atoms with E-state index in [9.17, 15) is 0 Å². The van der Waals surface area contributed by atoms with Crippen LogP contribution in [0.4, 0.5) is 0 Å². The van der Waals surface area contributed by atoms with E-state index in [0.717, 1.165) is 30.2 Å². The van der Waals surface area contributed by atoms with Crippen molar-refractivity contribution in [3.05, 3.63) is 70.4 Å². The van der Waals surface area contributed by atoms with Crippen LogP contribution in [0.1, 0.15) is 49.4 Å². The fraction of sp³-hybridized carbons (Fsp3) is 0.391. The van der Waals surface area contributed by atoms with Crippen LogP contribution >= 0.6 is 24.0 Å². The van der Waals surface area contributed by atoms with Gasteiger partial charge in [0.05, 0.1) is 0 Å². The summed E-state index contributed by atoms with van der Waals surface area (Å²) in [4.78, 5) is 0. The highest BCUT2D eigenvalue weighted by atomic mass is 35.5. The molecule has 0 amide bonds. The Hall–Kier alpha value is -1.48. The van der Waals surface area contributed by atoms with Gasteiger partial charge in [-0.05, 0) is 43.1 Å². The Balaban J connectivity index is 0.00000261. The average molecular weight is 405 g/mol. The van der Waals surface area contributed by atoms with E-state index in [4.69, 9.17) is 11.6 Å². The molecule has 2 aromatic carbocycles. The van der Waals surface area contributed by atoms with Crippen LogP contribution in [0.3, 0.4) is 0 Å². The number of unbranched alkanes of at least 4 members (excludes halogenated alkanes) is 3. The maximum Gasteiger partial charge on any atom is 0.0493 e. The minimum Gasteiger partial charge on any atom is -0.340 e. The largest absolute Gasteiger partial charge is 0.340 e. The van der Waals surface area contributed by atoms with Crippen LogP contribution in [-0.2, 0) is 13.1 Å². The molecule has 1 N–H and O–H groups in total. The minimum absolute atomic E-state index is 0. The third-order valence-corrected chi connectivity index (χ3v) is 5.53. The monoisotopic (exact) mass is 404 g/mol. The molecule has 0 fully saturated rings. The number of rotatable bonds is 9. The van der Waals surface area contributed by atoms with Gasteiger partial charge in [-0.3, -0.25) is 0 Å². The summed E-state index contributed by atoms with van der Waals surface area (Å²) in [7, 11) is 0. The fourth-order valence-corrected chi connectivity index (χ4v) is 3.81. The number of hydrogen-bond donors (Lipinski definition) is 1. The zero-order chi connectivity index (χ0) is 18.4. The first kappa shape index (κ1) is 21.8. The Kier molecular flexibility index (Phi) is 8.69. The molecule has 0 spiro atoms. The van der Waals surface area contributed by atoms with Gasteiger partial charge in [-0.2, -0.15) is 0 Å². The molecule has 0 aliphatic carbocycles. The molecule has 1 aromatic heterocycles. The summed E-state index contributed by atoms with van der Waals surface area (Å²) in [6.45, 7) is 7.30. The summed E-state index contributed by atoms with van der Waals surface area (Å²) in [6, 6.07) is 16.8. The molecule has 0 bridgehead atoms. The zero-order valence-corrected chi connectivity index (χ0v) is 17.9. The molecule has 4 heteroatoms. The van der Waals surface area contributed by atoms with Crippen LogP contribution < -0.4 is 5.32 Å². The Bertz CT molecular complexity index is 855. The lowest BCUT2D eigenvalue weighted by Gasteiger charge is -2.11. The van der Waals surface area contributed by atoms with Crippen molar-refractivity contribution in [3.63, 3.8) is 0 Å². The molecule has 0 aliphatic rings. The van der Waals surface area contributed by atoms with Crippen molar-refractivity contribution in [2.75, 3.05) is 6.54 Å². The van der Waals surface area contributed by atoms with E-state index < -0.39 is 0 Å². The number of nitrogens with one attached hydrogen (secondary N) is 1. The van der Waals surface area contributed by atoms with Crippen molar-refractivity contribution in [1.82, 2.24) is 9.88 Å². The summed E-state index contributed by atoms with van der Waals surface area (Å²) in [6.07, 6.45) is 5.19. The van der Waals surface area contributed by atoms with Crippen LogP contribution in [-0.4, -0.2) is 11.1 Å². The molecular weight excluding hydrogens is 375 g/mol. The Morgan fingerprint density at radius 1 is 0.963 bits per heavy atom. The van der Waals surface area contributed by atoms with E-state index >= 15 is 0 Å². The van der Waals surface area contributed by atoms with E-state index in [2.05, 4.69) is 60.1 Å². The van der Waals surface area contributed by atoms with Gasteiger partial charge in [0.1, 0.15) is 0 Å². The normalized spacial score (nSPS) is 10.9. The molecule has 0 unspecified atom stereocenters. The maximum atomic E-state index is 6.40. The molecule has 0 saturated heterocycles.